The number of rotatable bonds is 6. The van der Waals surface area contributed by atoms with E-state index in [0.717, 1.165) is 46.4 Å². The zero-order chi connectivity index (χ0) is 18.6. The van der Waals surface area contributed by atoms with Crippen molar-refractivity contribution in [2.75, 3.05) is 0 Å². The Balaban J connectivity index is 1.45. The number of Topliss-reactive ketones (excluding diaryl/α,β-unsaturated/α-hetero) is 1. The summed E-state index contributed by atoms with van der Waals surface area (Å²) < 4.78 is 6.10. The highest BCUT2D eigenvalue weighted by molar-refractivity contribution is 6.10. The molecule has 3 heteroatoms. The molecule has 1 unspecified atom stereocenters. The maximum absolute atomic E-state index is 11.8. The van der Waals surface area contributed by atoms with Crippen molar-refractivity contribution in [2.24, 2.45) is 0 Å². The minimum Gasteiger partial charge on any atom is -0.491 e. The lowest BCUT2D eigenvalue weighted by Gasteiger charge is -2.15. The Morgan fingerprint density at radius 3 is 2.85 bits per heavy atom. The molecule has 0 amide bonds. The van der Waals surface area contributed by atoms with E-state index in [2.05, 4.69) is 36.2 Å². The van der Waals surface area contributed by atoms with Crippen molar-refractivity contribution in [3.05, 3.63) is 70.7 Å². The van der Waals surface area contributed by atoms with Crippen LogP contribution < -0.4 is 15.2 Å². The van der Waals surface area contributed by atoms with Crippen LogP contribution in [-0.2, 0) is 11.2 Å². The van der Waals surface area contributed by atoms with Crippen LogP contribution in [-0.4, -0.2) is 16.9 Å². The largest absolute Gasteiger partial charge is 0.491 e. The molecular weight excluding hydrogens is 334 g/mol. The van der Waals surface area contributed by atoms with Gasteiger partial charge in [-0.3, -0.25) is 9.78 Å². The van der Waals surface area contributed by atoms with Gasteiger partial charge < -0.3 is 4.74 Å². The molecule has 2 aromatic carbocycles. The molecule has 0 saturated heterocycles. The lowest BCUT2D eigenvalue weighted by Crippen LogP contribution is -2.30. The number of pyridine rings is 1. The average Bonchev–Trinajstić information content (AvgIpc) is 2.68. The third-order valence-corrected chi connectivity index (χ3v) is 5.00. The monoisotopic (exact) mass is 357 g/mol. The van der Waals surface area contributed by atoms with E-state index in [1.807, 2.05) is 36.5 Å². The molecule has 0 N–H and O–H groups in total. The molecule has 3 nitrogen and oxygen atoms in total. The van der Waals surface area contributed by atoms with Gasteiger partial charge in [-0.15, -0.1) is 0 Å². The normalized spacial score (nSPS) is 14.2. The van der Waals surface area contributed by atoms with Crippen molar-refractivity contribution in [1.29, 1.82) is 0 Å². The summed E-state index contributed by atoms with van der Waals surface area (Å²) in [6.45, 7) is 2.11. The summed E-state index contributed by atoms with van der Waals surface area (Å²) in [5.74, 6) is 0.968. The van der Waals surface area contributed by atoms with Crippen LogP contribution in [0.2, 0.25) is 0 Å². The molecule has 0 aliphatic heterocycles. The Morgan fingerprint density at radius 2 is 2.00 bits per heavy atom. The second-order valence-corrected chi connectivity index (χ2v) is 7.13. The van der Waals surface area contributed by atoms with E-state index < -0.39 is 0 Å². The quantitative estimate of drug-likeness (QED) is 0.677. The fourth-order valence-electron chi connectivity index (χ4n) is 3.57. The SMILES string of the molecule is CC(CCCc1ccccc1)Oc1ccc2c3c(cnc2c1)=CCC(=O)C=3. The first-order chi connectivity index (χ1) is 13.2. The van der Waals surface area contributed by atoms with E-state index in [4.69, 9.17) is 4.74 Å². The predicted molar refractivity (Wildman–Crippen MR) is 109 cm³/mol. The van der Waals surface area contributed by atoms with E-state index in [1.165, 1.54) is 5.56 Å². The molecular formula is C24H23NO2. The van der Waals surface area contributed by atoms with Crippen molar-refractivity contribution in [3.63, 3.8) is 0 Å². The van der Waals surface area contributed by atoms with E-state index in [-0.39, 0.29) is 11.9 Å². The fourth-order valence-corrected chi connectivity index (χ4v) is 3.57. The number of hydrogen-bond donors (Lipinski definition) is 0. The molecule has 0 saturated carbocycles. The van der Waals surface area contributed by atoms with Crippen LogP contribution >= 0.6 is 0 Å². The third kappa shape index (κ3) is 4.08. The minimum atomic E-state index is 0.141. The van der Waals surface area contributed by atoms with Gasteiger partial charge >= 0.3 is 0 Å². The number of nitrogens with zero attached hydrogens (tertiary/aromatic N) is 1. The number of benzene rings is 2. The van der Waals surface area contributed by atoms with Crippen molar-refractivity contribution in [3.8, 4) is 5.75 Å². The fraction of sp³-hybridized carbons (Fsp3) is 0.250. The predicted octanol–water partition coefficient (Wildman–Crippen LogP) is 3.56. The van der Waals surface area contributed by atoms with Crippen LogP contribution in [0.25, 0.3) is 23.1 Å². The van der Waals surface area contributed by atoms with Gasteiger partial charge in [0.1, 0.15) is 5.75 Å². The maximum Gasteiger partial charge on any atom is 0.160 e. The second-order valence-electron chi connectivity index (χ2n) is 7.13. The van der Waals surface area contributed by atoms with E-state index >= 15 is 0 Å². The molecule has 1 heterocycles. The number of ketones is 1. The van der Waals surface area contributed by atoms with Gasteiger partial charge in [-0.2, -0.15) is 0 Å². The van der Waals surface area contributed by atoms with Crippen molar-refractivity contribution < 1.29 is 9.53 Å². The first-order valence-corrected chi connectivity index (χ1v) is 9.53. The Kier molecular flexibility index (Phi) is 5.01. The topological polar surface area (TPSA) is 39.2 Å². The Morgan fingerprint density at radius 1 is 1.15 bits per heavy atom. The van der Waals surface area contributed by atoms with Gasteiger partial charge in [0.15, 0.2) is 5.78 Å². The molecule has 3 aromatic rings. The lowest BCUT2D eigenvalue weighted by molar-refractivity contribution is -0.112. The summed E-state index contributed by atoms with van der Waals surface area (Å²) in [7, 11) is 0. The van der Waals surface area contributed by atoms with Crippen molar-refractivity contribution in [2.45, 2.75) is 38.7 Å². The molecule has 1 aromatic heterocycles. The first-order valence-electron chi connectivity index (χ1n) is 9.53. The highest BCUT2D eigenvalue weighted by Crippen LogP contribution is 2.19. The Labute approximate surface area is 159 Å². The standard InChI is InChI=1S/C24H23NO2/c1-17(6-5-9-18-7-3-2-4-8-18)27-21-12-13-22-23-14-20(26)11-10-19(23)16-25-24(22)15-21/h2-4,7-8,10,12-17H,5-6,9,11H2,1H3. The zero-order valence-electron chi connectivity index (χ0n) is 15.5. The molecule has 0 bridgehead atoms. The third-order valence-electron chi connectivity index (χ3n) is 5.00. The van der Waals surface area contributed by atoms with E-state index in [9.17, 15) is 4.79 Å². The molecule has 136 valence electrons. The summed E-state index contributed by atoms with van der Waals surface area (Å²) in [6.07, 6.45) is 9.29. The summed E-state index contributed by atoms with van der Waals surface area (Å²) >= 11 is 0. The number of hydrogen-bond acceptors (Lipinski definition) is 3. The van der Waals surface area contributed by atoms with Crippen molar-refractivity contribution >= 4 is 28.8 Å². The molecule has 0 radical (unpaired) electrons. The number of ether oxygens (including phenoxy) is 1. The van der Waals surface area contributed by atoms with Crippen LogP contribution in [0.1, 0.15) is 31.7 Å². The number of fused-ring (bicyclic) bond motifs is 3. The van der Waals surface area contributed by atoms with E-state index in [1.54, 1.807) is 6.08 Å². The Bertz CT molecular complexity index is 1090. The molecule has 1 aliphatic carbocycles. The molecule has 1 atom stereocenters. The summed E-state index contributed by atoms with van der Waals surface area (Å²) in [6, 6.07) is 16.5. The first kappa shape index (κ1) is 17.5. The molecule has 27 heavy (non-hydrogen) atoms. The molecule has 4 rings (SSSR count). The summed E-state index contributed by atoms with van der Waals surface area (Å²) in [5.41, 5.74) is 2.23. The Hall–Kier alpha value is -2.94. The number of aryl methyl sites for hydroxylation is 1. The smallest absolute Gasteiger partial charge is 0.160 e. The van der Waals surface area contributed by atoms with Gasteiger partial charge in [0.25, 0.3) is 0 Å². The highest BCUT2D eigenvalue weighted by Gasteiger charge is 2.09. The van der Waals surface area contributed by atoms with Crippen LogP contribution in [0.3, 0.4) is 0 Å². The van der Waals surface area contributed by atoms with Gasteiger partial charge in [0, 0.05) is 24.1 Å². The number of carbonyl (C=O) groups is 1. The van der Waals surface area contributed by atoms with Gasteiger partial charge in [-0.1, -0.05) is 36.4 Å². The maximum atomic E-state index is 11.8. The lowest BCUT2D eigenvalue weighted by atomic mass is 10.0. The molecule has 0 fully saturated rings. The van der Waals surface area contributed by atoms with Crippen LogP contribution in [0, 0.1) is 0 Å². The number of carbonyl (C=O) groups excluding carboxylic acids is 1. The van der Waals surface area contributed by atoms with Gasteiger partial charge in [0.05, 0.1) is 11.6 Å². The highest BCUT2D eigenvalue weighted by atomic mass is 16.5. The summed E-state index contributed by atoms with van der Waals surface area (Å²) in [4.78, 5) is 16.3. The minimum absolute atomic E-state index is 0.141. The molecule has 1 aliphatic rings. The van der Waals surface area contributed by atoms with E-state index in [0.29, 0.717) is 6.42 Å². The van der Waals surface area contributed by atoms with Gasteiger partial charge in [-0.05, 0) is 60.4 Å². The van der Waals surface area contributed by atoms with Crippen LogP contribution in [0.4, 0.5) is 0 Å². The number of aromatic nitrogens is 1. The second kappa shape index (κ2) is 7.75. The molecule has 0 spiro atoms. The average molecular weight is 357 g/mol. The van der Waals surface area contributed by atoms with Crippen LogP contribution in [0.15, 0.2) is 54.7 Å². The zero-order valence-corrected chi connectivity index (χ0v) is 15.5. The summed E-state index contributed by atoms with van der Waals surface area (Å²) in [5, 5.41) is 3.00. The van der Waals surface area contributed by atoms with Gasteiger partial charge in [-0.25, -0.2) is 0 Å². The van der Waals surface area contributed by atoms with Gasteiger partial charge in [0.2, 0.25) is 0 Å². The van der Waals surface area contributed by atoms with Crippen molar-refractivity contribution in [1.82, 2.24) is 4.98 Å². The van der Waals surface area contributed by atoms with Crippen LogP contribution in [0.5, 0.6) is 5.75 Å².